The molecule has 2 aromatic rings. The number of rotatable bonds is 3. The Bertz CT molecular complexity index is 519. The summed E-state index contributed by atoms with van der Waals surface area (Å²) >= 11 is 3.60. The van der Waals surface area contributed by atoms with Gasteiger partial charge in [0.1, 0.15) is 5.82 Å². The summed E-state index contributed by atoms with van der Waals surface area (Å²) in [6.07, 6.45) is 3.78. The molecule has 0 saturated heterocycles. The van der Waals surface area contributed by atoms with Gasteiger partial charge in [0.15, 0.2) is 0 Å². The van der Waals surface area contributed by atoms with Crippen LogP contribution in [0, 0.1) is 6.92 Å². The third-order valence-electron chi connectivity index (χ3n) is 2.81. The molecule has 0 aliphatic carbocycles. The molecule has 0 amide bonds. The van der Waals surface area contributed by atoms with E-state index in [9.17, 15) is 0 Å². The molecule has 1 aromatic heterocycles. The first-order valence-electron chi connectivity index (χ1n) is 5.58. The summed E-state index contributed by atoms with van der Waals surface area (Å²) in [6.45, 7) is 4.19. The molecular formula is C13H16BrN3. The van der Waals surface area contributed by atoms with E-state index in [0.29, 0.717) is 0 Å². The van der Waals surface area contributed by atoms with Crippen molar-refractivity contribution in [2.75, 3.05) is 5.32 Å². The molecule has 17 heavy (non-hydrogen) atoms. The molecule has 1 unspecified atom stereocenters. The number of imidazole rings is 1. The van der Waals surface area contributed by atoms with Crippen molar-refractivity contribution in [2.45, 2.75) is 19.9 Å². The van der Waals surface area contributed by atoms with Crippen LogP contribution >= 0.6 is 15.9 Å². The van der Waals surface area contributed by atoms with Crippen molar-refractivity contribution in [3.8, 4) is 0 Å². The van der Waals surface area contributed by atoms with Gasteiger partial charge < -0.3 is 9.88 Å². The molecule has 1 heterocycles. The van der Waals surface area contributed by atoms with Gasteiger partial charge in [0, 0.05) is 29.6 Å². The summed E-state index contributed by atoms with van der Waals surface area (Å²) < 4.78 is 3.14. The van der Waals surface area contributed by atoms with Crippen LogP contribution in [-0.2, 0) is 7.05 Å². The van der Waals surface area contributed by atoms with Gasteiger partial charge in [-0.3, -0.25) is 0 Å². The Morgan fingerprint density at radius 1 is 1.41 bits per heavy atom. The van der Waals surface area contributed by atoms with Gasteiger partial charge in [-0.25, -0.2) is 4.98 Å². The zero-order valence-corrected chi connectivity index (χ0v) is 11.8. The van der Waals surface area contributed by atoms with Gasteiger partial charge in [0.05, 0.1) is 6.04 Å². The first kappa shape index (κ1) is 12.2. The Kier molecular flexibility index (Phi) is 3.52. The average molecular weight is 294 g/mol. The van der Waals surface area contributed by atoms with E-state index in [1.54, 1.807) is 0 Å². The van der Waals surface area contributed by atoms with Crippen molar-refractivity contribution in [3.63, 3.8) is 0 Å². The number of nitrogens with one attached hydrogen (secondary N) is 1. The van der Waals surface area contributed by atoms with E-state index in [4.69, 9.17) is 0 Å². The lowest BCUT2D eigenvalue weighted by molar-refractivity contribution is 0.721. The maximum absolute atomic E-state index is 4.35. The van der Waals surface area contributed by atoms with Gasteiger partial charge in [0.2, 0.25) is 0 Å². The predicted octanol–water partition coefficient (Wildman–Crippen LogP) is 3.66. The van der Waals surface area contributed by atoms with Crippen LogP contribution in [0.25, 0.3) is 0 Å². The fourth-order valence-electron chi connectivity index (χ4n) is 1.85. The van der Waals surface area contributed by atoms with Gasteiger partial charge in [-0.1, -0.05) is 12.1 Å². The van der Waals surface area contributed by atoms with Crippen LogP contribution in [0.15, 0.2) is 35.1 Å². The number of nitrogens with zero attached hydrogens (tertiary/aromatic N) is 2. The molecule has 0 bridgehead atoms. The molecule has 0 radical (unpaired) electrons. The fourth-order valence-corrected chi connectivity index (χ4v) is 2.23. The molecule has 1 N–H and O–H groups in total. The molecule has 3 nitrogen and oxygen atoms in total. The molecule has 0 aliphatic rings. The van der Waals surface area contributed by atoms with Gasteiger partial charge >= 0.3 is 0 Å². The Morgan fingerprint density at radius 3 is 2.82 bits per heavy atom. The smallest absolute Gasteiger partial charge is 0.130 e. The quantitative estimate of drug-likeness (QED) is 0.936. The lowest BCUT2D eigenvalue weighted by Crippen LogP contribution is -2.12. The molecule has 0 spiro atoms. The number of hydrogen-bond acceptors (Lipinski definition) is 2. The van der Waals surface area contributed by atoms with Crippen molar-refractivity contribution in [2.24, 2.45) is 7.05 Å². The van der Waals surface area contributed by atoms with Crippen LogP contribution in [0.2, 0.25) is 0 Å². The molecule has 0 saturated carbocycles. The van der Waals surface area contributed by atoms with Crippen molar-refractivity contribution in [1.29, 1.82) is 0 Å². The summed E-state index contributed by atoms with van der Waals surface area (Å²) in [6, 6.07) is 6.37. The second-order valence-corrected chi connectivity index (χ2v) is 4.99. The fraction of sp³-hybridized carbons (Fsp3) is 0.308. The molecule has 4 heteroatoms. The lowest BCUT2D eigenvalue weighted by Gasteiger charge is -2.17. The SMILES string of the molecule is Cc1cccc(NC(C)c2nccn2C)c1Br. The molecule has 1 aromatic carbocycles. The van der Waals surface area contributed by atoms with Crippen LogP contribution in [0.5, 0.6) is 0 Å². The van der Waals surface area contributed by atoms with Gasteiger partial charge in [-0.2, -0.15) is 0 Å². The number of aromatic nitrogens is 2. The van der Waals surface area contributed by atoms with Crippen LogP contribution < -0.4 is 5.32 Å². The summed E-state index contributed by atoms with van der Waals surface area (Å²) in [7, 11) is 2.01. The number of halogens is 1. The number of aryl methyl sites for hydroxylation is 2. The third kappa shape index (κ3) is 2.52. The zero-order valence-electron chi connectivity index (χ0n) is 10.2. The number of benzene rings is 1. The maximum atomic E-state index is 4.35. The minimum Gasteiger partial charge on any atom is -0.374 e. The second kappa shape index (κ2) is 4.92. The highest BCUT2D eigenvalue weighted by Crippen LogP contribution is 2.28. The minimum atomic E-state index is 0.174. The van der Waals surface area contributed by atoms with E-state index in [-0.39, 0.29) is 6.04 Å². The Labute approximate surface area is 110 Å². The first-order valence-corrected chi connectivity index (χ1v) is 6.37. The standard InChI is InChI=1S/C13H16BrN3/c1-9-5-4-6-11(12(9)14)16-10(2)13-15-7-8-17(13)3/h4-8,10,16H,1-3H3. The Balaban J connectivity index is 2.22. The Hall–Kier alpha value is -1.29. The van der Waals surface area contributed by atoms with Crippen molar-refractivity contribution < 1.29 is 0 Å². The van der Waals surface area contributed by atoms with Crippen LogP contribution in [0.3, 0.4) is 0 Å². The van der Waals surface area contributed by atoms with Gasteiger partial charge in [0.25, 0.3) is 0 Å². The molecule has 0 fully saturated rings. The first-order chi connectivity index (χ1) is 8.09. The number of anilines is 1. The highest BCUT2D eigenvalue weighted by molar-refractivity contribution is 9.10. The minimum absolute atomic E-state index is 0.174. The van der Waals surface area contributed by atoms with Crippen molar-refractivity contribution in [3.05, 3.63) is 46.5 Å². The maximum Gasteiger partial charge on any atom is 0.130 e. The third-order valence-corrected chi connectivity index (χ3v) is 3.86. The van der Waals surface area contributed by atoms with Crippen molar-refractivity contribution in [1.82, 2.24) is 9.55 Å². The summed E-state index contributed by atoms with van der Waals surface area (Å²) in [5.74, 6) is 1.03. The lowest BCUT2D eigenvalue weighted by atomic mass is 10.2. The Morgan fingerprint density at radius 2 is 2.18 bits per heavy atom. The largest absolute Gasteiger partial charge is 0.374 e. The monoisotopic (exact) mass is 293 g/mol. The van der Waals surface area contributed by atoms with E-state index < -0.39 is 0 Å². The van der Waals surface area contributed by atoms with Crippen LogP contribution in [0.1, 0.15) is 24.4 Å². The average Bonchev–Trinajstić information content (AvgIpc) is 2.71. The topological polar surface area (TPSA) is 29.9 Å². The summed E-state index contributed by atoms with van der Waals surface area (Å²) in [5.41, 5.74) is 2.32. The molecule has 90 valence electrons. The summed E-state index contributed by atoms with van der Waals surface area (Å²) in [4.78, 5) is 4.35. The normalized spacial score (nSPS) is 12.5. The molecular weight excluding hydrogens is 278 g/mol. The predicted molar refractivity (Wildman–Crippen MR) is 74.1 cm³/mol. The highest BCUT2D eigenvalue weighted by atomic mass is 79.9. The molecule has 1 atom stereocenters. The summed E-state index contributed by atoms with van der Waals surface area (Å²) in [5, 5.41) is 3.46. The van der Waals surface area contributed by atoms with Crippen LogP contribution in [-0.4, -0.2) is 9.55 Å². The highest BCUT2D eigenvalue weighted by Gasteiger charge is 2.11. The molecule has 0 aliphatic heterocycles. The van der Waals surface area contributed by atoms with E-state index >= 15 is 0 Å². The van der Waals surface area contributed by atoms with E-state index in [1.807, 2.05) is 30.1 Å². The van der Waals surface area contributed by atoms with Crippen molar-refractivity contribution >= 4 is 21.6 Å². The van der Waals surface area contributed by atoms with E-state index in [1.165, 1.54) is 5.56 Å². The number of hydrogen-bond donors (Lipinski definition) is 1. The van der Waals surface area contributed by atoms with E-state index in [2.05, 4.69) is 52.2 Å². The van der Waals surface area contributed by atoms with E-state index in [0.717, 1.165) is 16.0 Å². The molecule has 2 rings (SSSR count). The van der Waals surface area contributed by atoms with Gasteiger partial charge in [-0.05, 0) is 41.4 Å². The second-order valence-electron chi connectivity index (χ2n) is 4.20. The zero-order chi connectivity index (χ0) is 12.4. The van der Waals surface area contributed by atoms with Gasteiger partial charge in [-0.15, -0.1) is 0 Å². The van der Waals surface area contributed by atoms with Crippen LogP contribution in [0.4, 0.5) is 5.69 Å².